The highest BCUT2D eigenvalue weighted by Crippen LogP contribution is 2.19. The highest BCUT2D eigenvalue weighted by molar-refractivity contribution is 9.10. The van der Waals surface area contributed by atoms with E-state index in [2.05, 4.69) is 37.5 Å². The Morgan fingerprint density at radius 1 is 1.77 bits per heavy atom. The average molecular weight is 243 g/mol. The minimum atomic E-state index is -0.139. The smallest absolute Gasteiger partial charge is 0.154 e. The monoisotopic (exact) mass is 242 g/mol. The van der Waals surface area contributed by atoms with Crippen LogP contribution >= 0.6 is 15.9 Å². The molecule has 1 N–H and O–H groups in total. The quantitative estimate of drug-likeness (QED) is 0.801. The Kier molecular flexibility index (Phi) is 3.46. The van der Waals surface area contributed by atoms with Gasteiger partial charge in [-0.2, -0.15) is 0 Å². The van der Waals surface area contributed by atoms with Gasteiger partial charge in [0.05, 0.1) is 0 Å². The van der Waals surface area contributed by atoms with Crippen molar-refractivity contribution in [2.45, 2.75) is 13.0 Å². The van der Waals surface area contributed by atoms with Crippen LogP contribution in [0.2, 0.25) is 0 Å². The van der Waals surface area contributed by atoms with Crippen LogP contribution in [0.25, 0.3) is 0 Å². The minimum Gasteiger partial charge on any atom is -0.299 e. The van der Waals surface area contributed by atoms with E-state index < -0.39 is 0 Å². The molecule has 0 saturated carbocycles. The van der Waals surface area contributed by atoms with Gasteiger partial charge >= 0.3 is 0 Å². The maximum atomic E-state index is 5.39. The van der Waals surface area contributed by atoms with Crippen LogP contribution < -0.4 is 5.32 Å². The number of nitrogens with zero attached hydrogens (tertiary/aromatic N) is 3. The number of nitrogens with one attached hydrogen (secondary N) is 1. The van der Waals surface area contributed by atoms with Gasteiger partial charge in [-0.1, -0.05) is 18.1 Å². The Morgan fingerprint density at radius 2 is 2.46 bits per heavy atom. The molecular weight excluding hydrogens is 232 g/mol. The lowest BCUT2D eigenvalue weighted by molar-refractivity contribution is 0.591. The first kappa shape index (κ1) is 10.2. The van der Waals surface area contributed by atoms with Crippen LogP contribution in [0, 0.1) is 12.3 Å². The number of rotatable bonds is 3. The van der Waals surface area contributed by atoms with E-state index in [1.807, 2.05) is 14.0 Å². The van der Waals surface area contributed by atoms with Gasteiger partial charge in [-0.15, -0.1) is 11.5 Å². The lowest BCUT2D eigenvalue weighted by Gasteiger charge is -2.10. The molecule has 0 bridgehead atoms. The number of aromatic nitrogens is 3. The van der Waals surface area contributed by atoms with Gasteiger partial charge in [0.1, 0.15) is 11.7 Å². The molecule has 0 aliphatic carbocycles. The molecule has 0 aliphatic heterocycles. The number of halogens is 1. The Morgan fingerprint density at radius 3 is 2.85 bits per heavy atom. The summed E-state index contributed by atoms with van der Waals surface area (Å²) in [6.07, 6.45) is 5.39. The Bertz CT molecular complexity index is 306. The number of hydrogen-bond donors (Lipinski definition) is 1. The Labute approximate surface area is 85.8 Å². The van der Waals surface area contributed by atoms with Gasteiger partial charge < -0.3 is 0 Å². The van der Waals surface area contributed by atoms with Crippen molar-refractivity contribution in [1.82, 2.24) is 20.3 Å². The summed E-state index contributed by atoms with van der Waals surface area (Å²) in [5.74, 6) is 2.65. The van der Waals surface area contributed by atoms with Crippen molar-refractivity contribution in [3.05, 3.63) is 10.3 Å². The van der Waals surface area contributed by atoms with E-state index in [-0.39, 0.29) is 6.04 Å². The molecule has 0 aliphatic rings. The van der Waals surface area contributed by atoms with Crippen LogP contribution in [0.4, 0.5) is 0 Å². The van der Waals surface area contributed by atoms with Crippen LogP contribution in [-0.4, -0.2) is 21.5 Å². The second-order valence-electron chi connectivity index (χ2n) is 2.55. The third-order valence-corrected chi connectivity index (χ3v) is 2.24. The van der Waals surface area contributed by atoms with Crippen LogP contribution in [0.15, 0.2) is 4.60 Å². The summed E-state index contributed by atoms with van der Waals surface area (Å²) in [6, 6.07) is -0.139. The topological polar surface area (TPSA) is 42.7 Å². The highest BCUT2D eigenvalue weighted by atomic mass is 79.9. The van der Waals surface area contributed by atoms with Crippen LogP contribution in [0.3, 0.4) is 0 Å². The van der Waals surface area contributed by atoms with Crippen molar-refractivity contribution >= 4 is 15.9 Å². The van der Waals surface area contributed by atoms with Gasteiger partial charge in [-0.3, -0.25) is 5.32 Å². The van der Waals surface area contributed by atoms with Gasteiger partial charge in [-0.05, 0) is 22.5 Å². The molecule has 0 spiro atoms. The molecule has 0 radical (unpaired) electrons. The molecule has 4 nitrogen and oxygen atoms in total. The largest absolute Gasteiger partial charge is 0.299 e. The molecule has 1 atom stereocenters. The Balaban J connectivity index is 2.98. The number of aryl methyl sites for hydroxylation is 1. The summed E-state index contributed by atoms with van der Waals surface area (Å²) in [5, 5.41) is 10.9. The summed E-state index contributed by atoms with van der Waals surface area (Å²) in [5.41, 5.74) is 0.879. The Hall–Kier alpha value is -0.860. The van der Waals surface area contributed by atoms with E-state index in [0.717, 1.165) is 12.2 Å². The molecule has 0 amide bonds. The normalized spacial score (nSPS) is 12.5. The minimum absolute atomic E-state index is 0.139. The number of hydrogen-bond acceptors (Lipinski definition) is 3. The van der Waals surface area contributed by atoms with Crippen LogP contribution in [0.5, 0.6) is 0 Å². The average Bonchev–Trinajstić information content (AvgIpc) is 2.43. The lowest BCUT2D eigenvalue weighted by Crippen LogP contribution is -2.22. The maximum Gasteiger partial charge on any atom is 0.154 e. The molecule has 1 aromatic heterocycles. The molecule has 0 fully saturated rings. The molecule has 0 aromatic carbocycles. The van der Waals surface area contributed by atoms with E-state index >= 15 is 0 Å². The van der Waals surface area contributed by atoms with E-state index in [0.29, 0.717) is 4.60 Å². The summed E-state index contributed by atoms with van der Waals surface area (Å²) in [6.45, 7) is 2.81. The van der Waals surface area contributed by atoms with Crippen molar-refractivity contribution in [2.75, 3.05) is 6.54 Å². The summed E-state index contributed by atoms with van der Waals surface area (Å²) < 4.78 is 2.36. The molecular formula is C8H11BrN4. The van der Waals surface area contributed by atoms with Crippen molar-refractivity contribution in [3.8, 4) is 12.3 Å². The van der Waals surface area contributed by atoms with Gasteiger partial charge in [0.25, 0.3) is 0 Å². The van der Waals surface area contributed by atoms with Crippen LogP contribution in [0.1, 0.15) is 18.7 Å². The van der Waals surface area contributed by atoms with E-state index in [9.17, 15) is 0 Å². The molecule has 0 saturated heterocycles. The lowest BCUT2D eigenvalue weighted by atomic mass is 10.2. The second-order valence-corrected chi connectivity index (χ2v) is 3.30. The van der Waals surface area contributed by atoms with E-state index in [1.54, 1.807) is 4.68 Å². The van der Waals surface area contributed by atoms with E-state index in [4.69, 9.17) is 6.42 Å². The fraction of sp³-hybridized carbons (Fsp3) is 0.500. The summed E-state index contributed by atoms with van der Waals surface area (Å²) in [7, 11) is 1.81. The fourth-order valence-corrected chi connectivity index (χ4v) is 1.64. The van der Waals surface area contributed by atoms with E-state index in [1.165, 1.54) is 0 Å². The summed E-state index contributed by atoms with van der Waals surface area (Å²) >= 11 is 3.30. The van der Waals surface area contributed by atoms with Gasteiger partial charge in [0.15, 0.2) is 4.60 Å². The zero-order valence-electron chi connectivity index (χ0n) is 7.58. The van der Waals surface area contributed by atoms with Crippen molar-refractivity contribution in [2.24, 2.45) is 7.05 Å². The number of terminal acetylenes is 1. The molecule has 1 unspecified atom stereocenters. The third-order valence-electron chi connectivity index (χ3n) is 1.68. The fourth-order valence-electron chi connectivity index (χ4n) is 1.08. The SMILES string of the molecule is C#CC(NCC)c1c(Br)nnn1C. The van der Waals surface area contributed by atoms with Crippen molar-refractivity contribution in [1.29, 1.82) is 0 Å². The van der Waals surface area contributed by atoms with Crippen molar-refractivity contribution in [3.63, 3.8) is 0 Å². The van der Waals surface area contributed by atoms with Crippen molar-refractivity contribution < 1.29 is 0 Å². The second kappa shape index (κ2) is 4.40. The predicted octanol–water partition coefficient (Wildman–Crippen LogP) is 0.861. The molecule has 5 heteroatoms. The molecule has 1 heterocycles. The van der Waals surface area contributed by atoms with Gasteiger partial charge in [0.2, 0.25) is 0 Å². The first-order chi connectivity index (χ1) is 6.20. The summed E-state index contributed by atoms with van der Waals surface area (Å²) in [4.78, 5) is 0. The molecule has 1 aromatic rings. The van der Waals surface area contributed by atoms with Gasteiger partial charge in [0, 0.05) is 7.05 Å². The molecule has 70 valence electrons. The standard InChI is InChI=1S/C8H11BrN4/c1-4-6(10-5-2)7-8(9)11-12-13(7)3/h1,6,10H,5H2,2-3H3. The molecule has 1 rings (SSSR count). The first-order valence-corrected chi connectivity index (χ1v) is 4.74. The molecule has 13 heavy (non-hydrogen) atoms. The first-order valence-electron chi connectivity index (χ1n) is 3.95. The zero-order chi connectivity index (χ0) is 9.84. The maximum absolute atomic E-state index is 5.39. The van der Waals surface area contributed by atoms with Gasteiger partial charge in [-0.25, -0.2) is 4.68 Å². The third kappa shape index (κ3) is 2.08. The van der Waals surface area contributed by atoms with Crippen LogP contribution in [-0.2, 0) is 7.05 Å². The highest BCUT2D eigenvalue weighted by Gasteiger charge is 2.16. The predicted molar refractivity (Wildman–Crippen MR) is 54.0 cm³/mol. The zero-order valence-corrected chi connectivity index (χ0v) is 9.17.